The van der Waals surface area contributed by atoms with Crippen LogP contribution in [-0.2, 0) is 0 Å². The number of aliphatic imine (C=N–C) groups is 1. The lowest BCUT2D eigenvalue weighted by Gasteiger charge is -2.12. The highest BCUT2D eigenvalue weighted by atomic mass is 15.1. The SMILES string of the molecule is CC(C)/C=N\C(C)NC(C)C. The van der Waals surface area contributed by atoms with Crippen LogP contribution >= 0.6 is 0 Å². The monoisotopic (exact) mass is 156 g/mol. The number of nitrogens with one attached hydrogen (secondary N) is 1. The molecule has 0 spiro atoms. The van der Waals surface area contributed by atoms with Crippen LogP contribution in [0.25, 0.3) is 0 Å². The third kappa shape index (κ3) is 7.53. The van der Waals surface area contributed by atoms with Gasteiger partial charge in [-0.25, -0.2) is 0 Å². The van der Waals surface area contributed by atoms with Gasteiger partial charge in [0.15, 0.2) is 0 Å². The van der Waals surface area contributed by atoms with Crippen LogP contribution in [0, 0.1) is 5.92 Å². The molecule has 0 saturated carbocycles. The highest BCUT2D eigenvalue weighted by molar-refractivity contribution is 5.59. The summed E-state index contributed by atoms with van der Waals surface area (Å²) in [6, 6.07) is 0.509. The lowest BCUT2D eigenvalue weighted by molar-refractivity contribution is 0.504. The van der Waals surface area contributed by atoms with Gasteiger partial charge in [0, 0.05) is 12.3 Å². The minimum Gasteiger partial charge on any atom is -0.294 e. The second-order valence-electron chi connectivity index (χ2n) is 3.54. The first-order valence-corrected chi connectivity index (χ1v) is 4.31. The average Bonchev–Trinajstić information content (AvgIpc) is 1.82. The lowest BCUT2D eigenvalue weighted by atomic mass is 10.2. The molecule has 1 atom stereocenters. The third-order valence-electron chi connectivity index (χ3n) is 1.18. The van der Waals surface area contributed by atoms with Crippen molar-refractivity contribution in [1.29, 1.82) is 0 Å². The molecule has 0 saturated heterocycles. The average molecular weight is 156 g/mol. The largest absolute Gasteiger partial charge is 0.294 e. The molecule has 0 bridgehead atoms. The van der Waals surface area contributed by atoms with Crippen LogP contribution in [0.4, 0.5) is 0 Å². The smallest absolute Gasteiger partial charge is 0.0963 e. The van der Waals surface area contributed by atoms with E-state index in [1.807, 2.05) is 6.21 Å². The highest BCUT2D eigenvalue weighted by Crippen LogP contribution is 1.90. The maximum Gasteiger partial charge on any atom is 0.0963 e. The first-order valence-electron chi connectivity index (χ1n) is 4.31. The van der Waals surface area contributed by atoms with E-state index >= 15 is 0 Å². The van der Waals surface area contributed by atoms with Crippen molar-refractivity contribution in [3.63, 3.8) is 0 Å². The zero-order valence-electron chi connectivity index (χ0n) is 8.26. The van der Waals surface area contributed by atoms with Crippen LogP contribution in [0.3, 0.4) is 0 Å². The van der Waals surface area contributed by atoms with Gasteiger partial charge in [0.1, 0.15) is 0 Å². The molecule has 2 nitrogen and oxygen atoms in total. The quantitative estimate of drug-likeness (QED) is 0.619. The van der Waals surface area contributed by atoms with Gasteiger partial charge < -0.3 is 0 Å². The topological polar surface area (TPSA) is 24.4 Å². The van der Waals surface area contributed by atoms with Crippen LogP contribution in [0.1, 0.15) is 34.6 Å². The minimum atomic E-state index is 0.248. The maximum absolute atomic E-state index is 4.33. The van der Waals surface area contributed by atoms with E-state index in [0.717, 1.165) is 0 Å². The maximum atomic E-state index is 4.33. The summed E-state index contributed by atoms with van der Waals surface area (Å²) in [7, 11) is 0. The molecule has 0 aromatic heterocycles. The van der Waals surface area contributed by atoms with Crippen molar-refractivity contribution in [2.45, 2.75) is 46.8 Å². The summed E-state index contributed by atoms with van der Waals surface area (Å²) in [5, 5.41) is 3.30. The van der Waals surface area contributed by atoms with Gasteiger partial charge in [-0.3, -0.25) is 10.3 Å². The van der Waals surface area contributed by atoms with Crippen molar-refractivity contribution in [1.82, 2.24) is 5.32 Å². The molecule has 0 aromatic carbocycles. The van der Waals surface area contributed by atoms with Gasteiger partial charge in [-0.15, -0.1) is 0 Å². The highest BCUT2D eigenvalue weighted by Gasteiger charge is 1.98. The molecule has 11 heavy (non-hydrogen) atoms. The zero-order valence-corrected chi connectivity index (χ0v) is 8.26. The first-order chi connectivity index (χ1) is 5.02. The van der Waals surface area contributed by atoms with Crippen molar-refractivity contribution in [3.8, 4) is 0 Å². The number of nitrogens with zero attached hydrogens (tertiary/aromatic N) is 1. The fourth-order valence-corrected chi connectivity index (χ4v) is 0.827. The summed E-state index contributed by atoms with van der Waals surface area (Å²) in [6.45, 7) is 10.6. The van der Waals surface area contributed by atoms with Crippen LogP contribution in [0.2, 0.25) is 0 Å². The normalized spacial score (nSPS) is 15.2. The molecule has 66 valence electrons. The Kier molecular flexibility index (Phi) is 5.12. The summed E-state index contributed by atoms with van der Waals surface area (Å²) >= 11 is 0. The Morgan fingerprint density at radius 2 is 1.64 bits per heavy atom. The summed E-state index contributed by atoms with van der Waals surface area (Å²) < 4.78 is 0. The Bertz CT molecular complexity index is 117. The molecule has 1 unspecified atom stereocenters. The predicted molar refractivity (Wildman–Crippen MR) is 51.1 cm³/mol. The van der Waals surface area contributed by atoms with E-state index in [2.05, 4.69) is 44.9 Å². The Morgan fingerprint density at radius 3 is 2.00 bits per heavy atom. The van der Waals surface area contributed by atoms with E-state index in [-0.39, 0.29) is 6.17 Å². The van der Waals surface area contributed by atoms with E-state index in [9.17, 15) is 0 Å². The molecule has 1 N–H and O–H groups in total. The first kappa shape index (κ1) is 10.6. The Labute approximate surface area is 70.1 Å². The molecule has 2 heteroatoms. The van der Waals surface area contributed by atoms with Gasteiger partial charge in [0.25, 0.3) is 0 Å². The molecule has 0 aliphatic rings. The standard InChI is InChI=1S/C9H20N2/c1-7(2)6-10-9(5)11-8(3)4/h6-9,11H,1-5H3/b10-6-. The molecular weight excluding hydrogens is 136 g/mol. The molecular formula is C9H20N2. The van der Waals surface area contributed by atoms with Gasteiger partial charge in [0.2, 0.25) is 0 Å². The van der Waals surface area contributed by atoms with Gasteiger partial charge >= 0.3 is 0 Å². The fraction of sp³-hybridized carbons (Fsp3) is 0.889. The van der Waals surface area contributed by atoms with Crippen molar-refractivity contribution in [2.24, 2.45) is 10.9 Å². The van der Waals surface area contributed by atoms with Crippen LogP contribution < -0.4 is 5.32 Å². The number of hydrogen-bond acceptors (Lipinski definition) is 2. The van der Waals surface area contributed by atoms with E-state index in [1.165, 1.54) is 0 Å². The molecule has 0 radical (unpaired) electrons. The number of hydrogen-bond donors (Lipinski definition) is 1. The fourth-order valence-electron chi connectivity index (χ4n) is 0.827. The minimum absolute atomic E-state index is 0.248. The van der Waals surface area contributed by atoms with Crippen molar-refractivity contribution < 1.29 is 0 Å². The second-order valence-corrected chi connectivity index (χ2v) is 3.54. The van der Waals surface area contributed by atoms with Gasteiger partial charge in [-0.05, 0) is 26.7 Å². The molecule has 0 aliphatic carbocycles. The molecule has 0 fully saturated rings. The molecule has 0 aliphatic heterocycles. The van der Waals surface area contributed by atoms with Crippen LogP contribution in [0.15, 0.2) is 4.99 Å². The summed E-state index contributed by atoms with van der Waals surface area (Å²) in [5.74, 6) is 0.548. The predicted octanol–water partition coefficient (Wildman–Crippen LogP) is 2.06. The Morgan fingerprint density at radius 1 is 1.09 bits per heavy atom. The summed E-state index contributed by atoms with van der Waals surface area (Å²) in [5.41, 5.74) is 0. The van der Waals surface area contributed by atoms with E-state index in [1.54, 1.807) is 0 Å². The Balaban J connectivity index is 3.59. The third-order valence-corrected chi connectivity index (χ3v) is 1.18. The zero-order chi connectivity index (χ0) is 8.85. The lowest BCUT2D eigenvalue weighted by Crippen LogP contribution is -2.31. The van der Waals surface area contributed by atoms with Crippen LogP contribution in [-0.4, -0.2) is 18.4 Å². The molecule has 0 rings (SSSR count). The van der Waals surface area contributed by atoms with E-state index < -0.39 is 0 Å². The molecule has 0 aromatic rings. The van der Waals surface area contributed by atoms with Crippen molar-refractivity contribution in [3.05, 3.63) is 0 Å². The Hall–Kier alpha value is -0.370. The molecule has 0 heterocycles. The summed E-state index contributed by atoms with van der Waals surface area (Å²) in [4.78, 5) is 4.33. The van der Waals surface area contributed by atoms with Gasteiger partial charge in [0.05, 0.1) is 6.17 Å². The van der Waals surface area contributed by atoms with Crippen LogP contribution in [0.5, 0.6) is 0 Å². The number of rotatable bonds is 4. The van der Waals surface area contributed by atoms with E-state index in [0.29, 0.717) is 12.0 Å². The molecule has 0 amide bonds. The van der Waals surface area contributed by atoms with E-state index in [4.69, 9.17) is 0 Å². The van der Waals surface area contributed by atoms with Gasteiger partial charge in [-0.2, -0.15) is 0 Å². The van der Waals surface area contributed by atoms with Crippen molar-refractivity contribution in [2.75, 3.05) is 0 Å². The summed E-state index contributed by atoms with van der Waals surface area (Å²) in [6.07, 6.45) is 2.23. The van der Waals surface area contributed by atoms with Crippen molar-refractivity contribution >= 4 is 6.21 Å². The van der Waals surface area contributed by atoms with Gasteiger partial charge in [-0.1, -0.05) is 13.8 Å². The second kappa shape index (κ2) is 5.30.